The third-order valence-corrected chi connectivity index (χ3v) is 6.12. The van der Waals surface area contributed by atoms with Crippen LogP contribution >= 0.6 is 0 Å². The van der Waals surface area contributed by atoms with Crippen LogP contribution in [0.2, 0.25) is 0 Å². The van der Waals surface area contributed by atoms with Gasteiger partial charge in [-0.25, -0.2) is 0 Å². The summed E-state index contributed by atoms with van der Waals surface area (Å²) in [6.07, 6.45) is 9.25. The van der Waals surface area contributed by atoms with E-state index in [0.717, 1.165) is 19.3 Å². The molecule has 2 saturated carbocycles. The topological polar surface area (TPSA) is 37.3 Å². The first-order chi connectivity index (χ1) is 9.09. The lowest BCUT2D eigenvalue weighted by molar-refractivity contribution is -0.149. The fraction of sp³-hybridized carbons (Fsp3) is 0.833. The Hall–Kier alpha value is -0.630. The second-order valence-electron chi connectivity index (χ2n) is 8.24. The predicted octanol–water partition coefficient (Wildman–Crippen LogP) is 4.13. The Bertz CT molecular complexity index is 419. The van der Waals surface area contributed by atoms with E-state index in [1.54, 1.807) is 13.0 Å². The highest BCUT2D eigenvalue weighted by Crippen LogP contribution is 2.62. The third kappa shape index (κ3) is 2.59. The summed E-state index contributed by atoms with van der Waals surface area (Å²) in [4.78, 5) is 11.3. The van der Waals surface area contributed by atoms with E-state index in [1.807, 2.05) is 13.0 Å². The van der Waals surface area contributed by atoms with Crippen LogP contribution in [0.3, 0.4) is 0 Å². The van der Waals surface area contributed by atoms with Crippen molar-refractivity contribution in [2.75, 3.05) is 0 Å². The molecule has 4 atom stereocenters. The zero-order valence-corrected chi connectivity index (χ0v) is 13.7. The summed E-state index contributed by atoms with van der Waals surface area (Å²) >= 11 is 0. The van der Waals surface area contributed by atoms with Crippen molar-refractivity contribution in [1.82, 2.24) is 0 Å². The lowest BCUT2D eigenvalue weighted by atomic mass is 9.45. The molecule has 0 bridgehead atoms. The van der Waals surface area contributed by atoms with Crippen molar-refractivity contribution in [3.63, 3.8) is 0 Å². The van der Waals surface area contributed by atoms with Crippen LogP contribution in [-0.4, -0.2) is 16.5 Å². The van der Waals surface area contributed by atoms with E-state index >= 15 is 0 Å². The highest BCUT2D eigenvalue weighted by molar-refractivity contribution is 5.87. The lowest BCUT2D eigenvalue weighted by Crippen LogP contribution is -2.56. The van der Waals surface area contributed by atoms with Crippen LogP contribution in [-0.2, 0) is 4.79 Å². The van der Waals surface area contributed by atoms with Crippen molar-refractivity contribution in [1.29, 1.82) is 0 Å². The summed E-state index contributed by atoms with van der Waals surface area (Å²) in [6, 6.07) is 0. The molecule has 0 saturated heterocycles. The van der Waals surface area contributed by atoms with E-state index in [4.69, 9.17) is 0 Å². The second kappa shape index (κ2) is 4.98. The zero-order valence-electron chi connectivity index (χ0n) is 13.7. The van der Waals surface area contributed by atoms with Crippen LogP contribution in [0, 0.1) is 22.7 Å². The van der Waals surface area contributed by atoms with E-state index in [-0.39, 0.29) is 17.1 Å². The number of ketones is 1. The van der Waals surface area contributed by atoms with Gasteiger partial charge in [0.1, 0.15) is 0 Å². The SMILES string of the molecule is CC(=O)/C=C\[C@H]1[C@]2(C)CCCC(C)(C)[C@@H]2CC[C@@]1(C)O. The molecule has 0 aromatic heterocycles. The van der Waals surface area contributed by atoms with Crippen LogP contribution in [0.15, 0.2) is 12.2 Å². The van der Waals surface area contributed by atoms with Crippen LogP contribution in [0.4, 0.5) is 0 Å². The molecular formula is C18H30O2. The van der Waals surface area contributed by atoms with Gasteiger partial charge < -0.3 is 5.11 Å². The molecule has 2 aliphatic rings. The van der Waals surface area contributed by atoms with E-state index in [2.05, 4.69) is 20.8 Å². The summed E-state index contributed by atoms with van der Waals surface area (Å²) in [6.45, 7) is 10.6. The molecule has 0 aromatic rings. The van der Waals surface area contributed by atoms with Crippen LogP contribution in [0.1, 0.15) is 66.7 Å². The molecule has 2 rings (SSSR count). The highest BCUT2D eigenvalue weighted by Gasteiger charge is 2.57. The quantitative estimate of drug-likeness (QED) is 0.771. The molecular weight excluding hydrogens is 248 g/mol. The Morgan fingerprint density at radius 3 is 2.40 bits per heavy atom. The number of carbonyl (C=O) groups is 1. The zero-order chi connectivity index (χ0) is 15.2. The van der Waals surface area contributed by atoms with Crippen molar-refractivity contribution in [3.8, 4) is 0 Å². The van der Waals surface area contributed by atoms with E-state index in [9.17, 15) is 9.90 Å². The summed E-state index contributed by atoms with van der Waals surface area (Å²) in [7, 11) is 0. The van der Waals surface area contributed by atoms with Gasteiger partial charge in [0.05, 0.1) is 5.60 Å². The van der Waals surface area contributed by atoms with Crippen molar-refractivity contribution in [2.24, 2.45) is 22.7 Å². The second-order valence-corrected chi connectivity index (χ2v) is 8.24. The lowest BCUT2D eigenvalue weighted by Gasteiger charge is -2.60. The van der Waals surface area contributed by atoms with Crippen molar-refractivity contribution in [3.05, 3.63) is 12.2 Å². The molecule has 0 aromatic carbocycles. The molecule has 0 aliphatic heterocycles. The maximum atomic E-state index is 11.3. The van der Waals surface area contributed by atoms with Crippen LogP contribution in [0.5, 0.6) is 0 Å². The molecule has 20 heavy (non-hydrogen) atoms. The van der Waals surface area contributed by atoms with Crippen LogP contribution in [0.25, 0.3) is 0 Å². The van der Waals surface area contributed by atoms with Gasteiger partial charge in [-0.1, -0.05) is 33.3 Å². The first-order valence-corrected chi connectivity index (χ1v) is 8.01. The molecule has 2 nitrogen and oxygen atoms in total. The normalized spacial score (nSPS) is 44.3. The minimum atomic E-state index is -0.690. The molecule has 2 aliphatic carbocycles. The molecule has 0 radical (unpaired) electrons. The molecule has 114 valence electrons. The van der Waals surface area contributed by atoms with Crippen LogP contribution < -0.4 is 0 Å². The van der Waals surface area contributed by atoms with Gasteiger partial charge in [0.15, 0.2) is 5.78 Å². The van der Waals surface area contributed by atoms with Gasteiger partial charge in [0.25, 0.3) is 0 Å². The number of hydrogen-bond donors (Lipinski definition) is 1. The Balaban J connectivity index is 2.40. The predicted molar refractivity (Wildman–Crippen MR) is 82.4 cm³/mol. The Labute approximate surface area is 123 Å². The third-order valence-electron chi connectivity index (χ3n) is 6.12. The van der Waals surface area contributed by atoms with Crippen molar-refractivity contribution in [2.45, 2.75) is 72.3 Å². The maximum absolute atomic E-state index is 11.3. The van der Waals surface area contributed by atoms with Gasteiger partial charge in [-0.3, -0.25) is 4.79 Å². The standard InChI is InChI=1S/C18H30O2/c1-13(19)7-8-15-17(4)11-6-10-16(2,3)14(17)9-12-18(15,5)20/h7-8,14-15,20H,6,9-12H2,1-5H3/b8-7-/t14-,15-,17+,18+/m0/s1. The summed E-state index contributed by atoms with van der Waals surface area (Å²) in [5, 5.41) is 10.9. The number of carbonyl (C=O) groups excluding carboxylic acids is 1. The molecule has 2 fully saturated rings. The number of rotatable bonds is 2. The molecule has 0 unspecified atom stereocenters. The molecule has 0 amide bonds. The number of allylic oxidation sites excluding steroid dienone is 1. The number of hydrogen-bond acceptors (Lipinski definition) is 2. The average molecular weight is 278 g/mol. The van der Waals surface area contributed by atoms with E-state index in [1.165, 1.54) is 12.8 Å². The van der Waals surface area contributed by atoms with Crippen molar-refractivity contribution >= 4 is 5.78 Å². The molecule has 0 spiro atoms. The van der Waals surface area contributed by atoms with Gasteiger partial charge in [-0.15, -0.1) is 0 Å². The summed E-state index contributed by atoms with van der Waals surface area (Å²) in [5.41, 5.74) is -0.244. The first-order valence-electron chi connectivity index (χ1n) is 8.01. The minimum absolute atomic E-state index is 0.0709. The monoisotopic (exact) mass is 278 g/mol. The fourth-order valence-corrected chi connectivity index (χ4v) is 5.22. The van der Waals surface area contributed by atoms with Gasteiger partial charge >= 0.3 is 0 Å². The van der Waals surface area contributed by atoms with E-state index in [0.29, 0.717) is 11.3 Å². The van der Waals surface area contributed by atoms with Gasteiger partial charge in [0, 0.05) is 5.92 Å². The smallest absolute Gasteiger partial charge is 0.152 e. The minimum Gasteiger partial charge on any atom is -0.390 e. The summed E-state index contributed by atoms with van der Waals surface area (Å²) in [5.74, 6) is 0.782. The average Bonchev–Trinajstić information content (AvgIpc) is 2.25. The Morgan fingerprint density at radius 2 is 1.80 bits per heavy atom. The van der Waals surface area contributed by atoms with E-state index < -0.39 is 5.60 Å². The molecule has 2 heteroatoms. The fourth-order valence-electron chi connectivity index (χ4n) is 5.22. The maximum Gasteiger partial charge on any atom is 0.152 e. The molecule has 0 heterocycles. The Morgan fingerprint density at radius 1 is 1.15 bits per heavy atom. The van der Waals surface area contributed by atoms with Gasteiger partial charge in [-0.2, -0.15) is 0 Å². The molecule has 1 N–H and O–H groups in total. The Kier molecular flexibility index (Phi) is 3.92. The number of aliphatic hydroxyl groups is 1. The number of fused-ring (bicyclic) bond motifs is 1. The largest absolute Gasteiger partial charge is 0.390 e. The highest BCUT2D eigenvalue weighted by atomic mass is 16.3. The van der Waals surface area contributed by atoms with Crippen molar-refractivity contribution < 1.29 is 9.90 Å². The first kappa shape index (κ1) is 15.8. The van der Waals surface area contributed by atoms with Gasteiger partial charge in [0.2, 0.25) is 0 Å². The summed E-state index contributed by atoms with van der Waals surface area (Å²) < 4.78 is 0. The van der Waals surface area contributed by atoms with Gasteiger partial charge in [-0.05, 0) is 62.4 Å².